The molecule has 3 rings (SSSR count). The van der Waals surface area contributed by atoms with Crippen LogP contribution in [0.1, 0.15) is 35.6 Å². The van der Waals surface area contributed by atoms with Crippen LogP contribution >= 0.6 is 0 Å². The fraction of sp³-hybridized carbons (Fsp3) is 0.579. The van der Waals surface area contributed by atoms with E-state index in [9.17, 15) is 4.79 Å². The Kier molecular flexibility index (Phi) is 5.85. The number of amides is 2. The summed E-state index contributed by atoms with van der Waals surface area (Å²) < 4.78 is 1.97. The zero-order valence-electron chi connectivity index (χ0n) is 15.9. The maximum Gasteiger partial charge on any atom is 0.317 e. The number of piperidine rings is 1. The summed E-state index contributed by atoms with van der Waals surface area (Å²) >= 11 is 0. The van der Waals surface area contributed by atoms with Gasteiger partial charge in [-0.05, 0) is 63.1 Å². The highest BCUT2D eigenvalue weighted by Crippen LogP contribution is 2.18. The molecule has 0 aromatic carbocycles. The standard InChI is InChI=1S/C19H28N6O/c1-14-11-20-8-6-18(14)7-9-21-19(26)24-10-4-5-17(12-24)13-25-16(3)22-15(2)23-25/h6,8,11,17H,4-5,7,9-10,12-13H2,1-3H3,(H,21,26). The van der Waals surface area contributed by atoms with Gasteiger partial charge in [0, 0.05) is 38.6 Å². The van der Waals surface area contributed by atoms with Crippen molar-refractivity contribution in [1.82, 2.24) is 30.0 Å². The number of aromatic nitrogens is 4. The fourth-order valence-corrected chi connectivity index (χ4v) is 3.58. The molecule has 3 heterocycles. The van der Waals surface area contributed by atoms with Crippen molar-refractivity contribution in [3.63, 3.8) is 0 Å². The number of nitrogens with one attached hydrogen (secondary N) is 1. The predicted molar refractivity (Wildman–Crippen MR) is 99.9 cm³/mol. The van der Waals surface area contributed by atoms with E-state index in [0.717, 1.165) is 50.5 Å². The molecule has 1 atom stereocenters. The molecule has 0 bridgehead atoms. The minimum absolute atomic E-state index is 0.0351. The van der Waals surface area contributed by atoms with Gasteiger partial charge in [-0.3, -0.25) is 4.98 Å². The molecular weight excluding hydrogens is 328 g/mol. The number of likely N-dealkylation sites (tertiary alicyclic amines) is 1. The molecule has 0 aliphatic carbocycles. The molecular formula is C19H28N6O. The smallest absolute Gasteiger partial charge is 0.317 e. The molecule has 1 saturated heterocycles. The van der Waals surface area contributed by atoms with Crippen LogP contribution in [0.25, 0.3) is 0 Å². The number of pyridine rings is 1. The number of nitrogens with zero attached hydrogens (tertiary/aromatic N) is 5. The number of carbonyl (C=O) groups is 1. The molecule has 1 aliphatic rings. The van der Waals surface area contributed by atoms with Gasteiger partial charge in [0.1, 0.15) is 11.6 Å². The number of aryl methyl sites for hydroxylation is 3. The minimum Gasteiger partial charge on any atom is -0.338 e. The van der Waals surface area contributed by atoms with Crippen LogP contribution in [0, 0.1) is 26.7 Å². The van der Waals surface area contributed by atoms with Crippen molar-refractivity contribution in [1.29, 1.82) is 0 Å². The molecule has 2 aromatic heterocycles. The van der Waals surface area contributed by atoms with Gasteiger partial charge in [-0.1, -0.05) is 0 Å². The summed E-state index contributed by atoms with van der Waals surface area (Å²) in [6, 6.07) is 2.05. The van der Waals surface area contributed by atoms with Gasteiger partial charge in [-0.2, -0.15) is 5.10 Å². The van der Waals surface area contributed by atoms with Crippen molar-refractivity contribution in [2.45, 2.75) is 46.6 Å². The lowest BCUT2D eigenvalue weighted by Crippen LogP contribution is -2.46. The van der Waals surface area contributed by atoms with E-state index in [4.69, 9.17) is 0 Å². The average Bonchev–Trinajstić information content (AvgIpc) is 2.94. The Morgan fingerprint density at radius 1 is 1.35 bits per heavy atom. The predicted octanol–water partition coefficient (Wildman–Crippen LogP) is 2.26. The molecule has 140 valence electrons. The van der Waals surface area contributed by atoms with E-state index < -0.39 is 0 Å². The van der Waals surface area contributed by atoms with Crippen LogP contribution in [0.3, 0.4) is 0 Å². The van der Waals surface area contributed by atoms with Crippen LogP contribution in [-0.2, 0) is 13.0 Å². The highest BCUT2D eigenvalue weighted by Gasteiger charge is 2.24. The summed E-state index contributed by atoms with van der Waals surface area (Å²) in [4.78, 5) is 22.9. The highest BCUT2D eigenvalue weighted by molar-refractivity contribution is 5.74. The molecule has 26 heavy (non-hydrogen) atoms. The largest absolute Gasteiger partial charge is 0.338 e. The molecule has 7 heteroatoms. The first-order valence-corrected chi connectivity index (χ1v) is 9.33. The Morgan fingerprint density at radius 3 is 2.92 bits per heavy atom. The number of carbonyl (C=O) groups excluding carboxylic acids is 1. The quantitative estimate of drug-likeness (QED) is 0.892. The Hall–Kier alpha value is -2.44. The first-order chi connectivity index (χ1) is 12.5. The Bertz CT molecular complexity index is 756. The number of rotatable bonds is 5. The van der Waals surface area contributed by atoms with Crippen molar-refractivity contribution < 1.29 is 4.79 Å². The third kappa shape index (κ3) is 4.59. The Morgan fingerprint density at radius 2 is 2.19 bits per heavy atom. The molecule has 0 saturated carbocycles. The third-order valence-corrected chi connectivity index (χ3v) is 5.01. The van der Waals surface area contributed by atoms with Crippen LogP contribution in [0.15, 0.2) is 18.5 Å². The summed E-state index contributed by atoms with van der Waals surface area (Å²) in [5, 5.41) is 7.51. The van der Waals surface area contributed by atoms with Gasteiger partial charge in [0.25, 0.3) is 0 Å². The normalized spacial score (nSPS) is 17.3. The van der Waals surface area contributed by atoms with Crippen LogP contribution < -0.4 is 5.32 Å². The summed E-state index contributed by atoms with van der Waals surface area (Å²) in [7, 11) is 0. The zero-order valence-corrected chi connectivity index (χ0v) is 15.9. The topological polar surface area (TPSA) is 75.9 Å². The summed E-state index contributed by atoms with van der Waals surface area (Å²) in [6.45, 7) is 9.01. The van der Waals surface area contributed by atoms with Crippen molar-refractivity contribution in [2.24, 2.45) is 5.92 Å². The van der Waals surface area contributed by atoms with Crippen LogP contribution in [0.4, 0.5) is 4.79 Å². The van der Waals surface area contributed by atoms with E-state index in [1.165, 1.54) is 11.1 Å². The summed E-state index contributed by atoms with van der Waals surface area (Å²) in [5.74, 6) is 2.17. The van der Waals surface area contributed by atoms with E-state index >= 15 is 0 Å². The first-order valence-electron chi connectivity index (χ1n) is 9.33. The molecule has 1 fully saturated rings. The number of urea groups is 1. The lowest BCUT2D eigenvalue weighted by atomic mass is 9.98. The van der Waals surface area contributed by atoms with Gasteiger partial charge >= 0.3 is 6.03 Å². The number of hydrogen-bond acceptors (Lipinski definition) is 4. The van der Waals surface area contributed by atoms with Crippen LogP contribution in [0.5, 0.6) is 0 Å². The van der Waals surface area contributed by atoms with E-state index in [2.05, 4.69) is 20.4 Å². The maximum absolute atomic E-state index is 12.5. The molecule has 1 aliphatic heterocycles. The van der Waals surface area contributed by atoms with E-state index in [0.29, 0.717) is 12.5 Å². The van der Waals surface area contributed by atoms with E-state index in [1.807, 2.05) is 42.6 Å². The van der Waals surface area contributed by atoms with E-state index in [-0.39, 0.29) is 6.03 Å². The number of hydrogen-bond donors (Lipinski definition) is 1. The first kappa shape index (κ1) is 18.4. The van der Waals surface area contributed by atoms with Gasteiger partial charge in [0.15, 0.2) is 0 Å². The van der Waals surface area contributed by atoms with E-state index in [1.54, 1.807) is 6.20 Å². The van der Waals surface area contributed by atoms with Gasteiger partial charge in [0.05, 0.1) is 0 Å². The second-order valence-electron chi connectivity index (χ2n) is 7.13. The molecule has 2 amide bonds. The highest BCUT2D eigenvalue weighted by atomic mass is 16.2. The van der Waals surface area contributed by atoms with Gasteiger partial charge in [-0.25, -0.2) is 14.5 Å². The van der Waals surface area contributed by atoms with Crippen molar-refractivity contribution in [3.05, 3.63) is 41.2 Å². The molecule has 7 nitrogen and oxygen atoms in total. The van der Waals surface area contributed by atoms with Crippen molar-refractivity contribution >= 4 is 6.03 Å². The molecule has 1 unspecified atom stereocenters. The van der Waals surface area contributed by atoms with Gasteiger partial charge in [0.2, 0.25) is 0 Å². The van der Waals surface area contributed by atoms with Crippen LogP contribution in [-0.4, -0.2) is 50.3 Å². The maximum atomic E-state index is 12.5. The third-order valence-electron chi connectivity index (χ3n) is 5.01. The van der Waals surface area contributed by atoms with Gasteiger partial charge < -0.3 is 10.2 Å². The lowest BCUT2D eigenvalue weighted by molar-refractivity contribution is 0.157. The van der Waals surface area contributed by atoms with Crippen molar-refractivity contribution in [3.8, 4) is 0 Å². The molecule has 2 aromatic rings. The van der Waals surface area contributed by atoms with Crippen molar-refractivity contribution in [2.75, 3.05) is 19.6 Å². The minimum atomic E-state index is 0.0351. The molecule has 0 spiro atoms. The lowest BCUT2D eigenvalue weighted by Gasteiger charge is -2.32. The molecule has 0 radical (unpaired) electrons. The SMILES string of the molecule is Cc1nc(C)n(CC2CCCN(C(=O)NCCc3ccncc3C)C2)n1. The fourth-order valence-electron chi connectivity index (χ4n) is 3.58. The molecule has 1 N–H and O–H groups in total. The second-order valence-corrected chi connectivity index (χ2v) is 7.13. The second kappa shape index (κ2) is 8.29. The Labute approximate surface area is 154 Å². The van der Waals surface area contributed by atoms with Crippen LogP contribution in [0.2, 0.25) is 0 Å². The monoisotopic (exact) mass is 356 g/mol. The summed E-state index contributed by atoms with van der Waals surface area (Å²) in [6.07, 6.45) is 6.65. The zero-order chi connectivity index (χ0) is 18.5. The Balaban J connectivity index is 1.48. The summed E-state index contributed by atoms with van der Waals surface area (Å²) in [5.41, 5.74) is 2.40. The van der Waals surface area contributed by atoms with Gasteiger partial charge in [-0.15, -0.1) is 0 Å². The average molecular weight is 356 g/mol.